The van der Waals surface area contributed by atoms with E-state index in [9.17, 15) is 24.6 Å². The summed E-state index contributed by atoms with van der Waals surface area (Å²) in [6, 6.07) is 0. The monoisotopic (exact) mass is 664 g/mol. The summed E-state index contributed by atoms with van der Waals surface area (Å²) in [5, 5.41) is 0. The zero-order valence-corrected chi connectivity index (χ0v) is 27.5. The standard InChI is InChI=1S/5FH3O3Si.FHO3Si.2K/c6*1-5(2,3)4;;/h5*2-4H;2H;;/q;;;;;-2;2*+1. The van der Waals surface area contributed by atoms with Crippen molar-refractivity contribution in [3.8, 4) is 0 Å². The molecule has 0 aliphatic heterocycles. The van der Waals surface area contributed by atoms with E-state index in [0.29, 0.717) is 0 Å². The SMILES string of the molecule is O[Si](O)(O)F.O[Si](O)(O)F.O[Si](O)(O)F.O[Si](O)(O)F.O[Si](O)(O)F.[K+].[K+].[O-][Si]([O-])(O)F. The van der Waals surface area contributed by atoms with Gasteiger partial charge in [0.2, 0.25) is 9.14 Å². The summed E-state index contributed by atoms with van der Waals surface area (Å²) in [5.74, 6) is 0. The molecule has 0 bridgehead atoms. The van der Waals surface area contributed by atoms with Crippen LogP contribution in [-0.2, 0) is 0 Å². The first-order valence-electron chi connectivity index (χ1n) is 5.12. The third-order valence-corrected chi connectivity index (χ3v) is 0. The van der Waals surface area contributed by atoms with Gasteiger partial charge >= 0.3 is 148 Å². The van der Waals surface area contributed by atoms with Crippen LogP contribution in [0.5, 0.6) is 0 Å². The van der Waals surface area contributed by atoms with Crippen molar-refractivity contribution in [1.82, 2.24) is 0 Å². The largest absolute Gasteiger partial charge is 1.00 e. The van der Waals surface area contributed by atoms with Crippen LogP contribution in [0.3, 0.4) is 0 Å². The van der Waals surface area contributed by atoms with E-state index in [1.54, 1.807) is 0 Å². The van der Waals surface area contributed by atoms with E-state index in [-0.39, 0.29) is 103 Å². The molecular weight excluding hydrogens is 649 g/mol. The van der Waals surface area contributed by atoms with Crippen molar-refractivity contribution in [2.45, 2.75) is 0 Å². The van der Waals surface area contributed by atoms with E-state index in [1.165, 1.54) is 0 Å². The second kappa shape index (κ2) is 24.8. The van der Waals surface area contributed by atoms with Gasteiger partial charge in [-0.3, -0.25) is 0 Å². The summed E-state index contributed by atoms with van der Waals surface area (Å²) >= 11 is 0. The molecule has 0 aliphatic rings. The molecule has 0 atom stereocenters. The Kier molecular flexibility index (Phi) is 43.2. The summed E-state index contributed by atoms with van der Waals surface area (Å²) in [6.07, 6.45) is 0. The molecule has 0 radical (unpaired) electrons. The molecule has 0 rings (SSSR count). The normalized spacial score (nSPS) is 11.2. The van der Waals surface area contributed by atoms with E-state index in [0.717, 1.165) is 0 Å². The number of hydrogen-bond donors (Lipinski definition) is 16. The summed E-state index contributed by atoms with van der Waals surface area (Å²) in [7, 11) is -31.2. The molecule has 32 heavy (non-hydrogen) atoms. The quantitative estimate of drug-likeness (QED) is 0.0649. The molecule has 0 aromatic carbocycles. The fourth-order valence-electron chi connectivity index (χ4n) is 0. The Morgan fingerprint density at radius 3 is 0.312 bits per heavy atom. The fourth-order valence-corrected chi connectivity index (χ4v) is 0. The van der Waals surface area contributed by atoms with E-state index < -0.39 is 54.8 Å². The molecule has 0 amide bonds. The molecule has 0 saturated heterocycles. The van der Waals surface area contributed by atoms with Crippen molar-refractivity contribution >= 4 is 54.8 Å². The first kappa shape index (κ1) is 55.8. The van der Waals surface area contributed by atoms with Gasteiger partial charge in [-0.15, -0.1) is 0 Å². The van der Waals surface area contributed by atoms with Gasteiger partial charge in [-0.2, -0.15) is 0 Å². The molecule has 32 heteroatoms. The third-order valence-electron chi connectivity index (χ3n) is 0. The summed E-state index contributed by atoms with van der Waals surface area (Å²) in [5.41, 5.74) is 0. The van der Waals surface area contributed by atoms with Crippen molar-refractivity contribution in [2.24, 2.45) is 0 Å². The van der Waals surface area contributed by atoms with Crippen LogP contribution >= 0.6 is 0 Å². The van der Waals surface area contributed by atoms with E-state index >= 15 is 0 Å². The Labute approximate surface area is 264 Å². The zero-order chi connectivity index (χ0) is 27.0. The molecule has 0 spiro atoms. The predicted molar refractivity (Wildman–Crippen MR) is 76.7 cm³/mol. The molecule has 0 aliphatic carbocycles. The third kappa shape index (κ3) is 2980. The van der Waals surface area contributed by atoms with Crippen molar-refractivity contribution in [2.75, 3.05) is 0 Å². The topological polar surface area (TPSA) is 370 Å². The van der Waals surface area contributed by atoms with Crippen molar-refractivity contribution in [3.05, 3.63) is 0 Å². The average molecular weight is 665 g/mol. The Morgan fingerprint density at radius 1 is 0.312 bits per heavy atom. The van der Waals surface area contributed by atoms with Crippen molar-refractivity contribution in [1.29, 1.82) is 0 Å². The van der Waals surface area contributed by atoms with Gasteiger partial charge in [0, 0.05) is 0 Å². The van der Waals surface area contributed by atoms with Gasteiger partial charge in [0.05, 0.1) is 0 Å². The Bertz CT molecular complexity index is 238. The van der Waals surface area contributed by atoms with Crippen LogP contribution in [0.2, 0.25) is 0 Å². The second-order valence-corrected chi connectivity index (χ2v) is 9.82. The van der Waals surface area contributed by atoms with Crippen LogP contribution < -0.4 is 112 Å². The minimum Gasteiger partial charge on any atom is -0.825 e. The number of rotatable bonds is 0. The van der Waals surface area contributed by atoms with Gasteiger partial charge in [-0.05, 0) is 0 Å². The molecule has 192 valence electrons. The van der Waals surface area contributed by atoms with Gasteiger partial charge in [-0.1, -0.05) is 0 Å². The average Bonchev–Trinajstić information content (AvgIpc) is 1.94. The van der Waals surface area contributed by atoms with Crippen LogP contribution in [0.1, 0.15) is 0 Å². The fraction of sp³-hybridized carbons (Fsp3) is 0. The molecule has 0 aromatic rings. The number of halogens is 6. The Hall–Kier alpha value is 3.43. The van der Waals surface area contributed by atoms with E-state index in [1.807, 2.05) is 0 Å². The predicted octanol–water partition coefficient (Wildman–Crippen LogP) is -17.0. The number of hydrogen-bond acceptors (Lipinski definition) is 18. The maximum absolute atomic E-state index is 10.5. The minimum absolute atomic E-state index is 0. The van der Waals surface area contributed by atoms with Crippen molar-refractivity contribution in [3.63, 3.8) is 0 Å². The maximum Gasteiger partial charge on any atom is 1.00 e. The molecule has 0 unspecified atom stereocenters. The second-order valence-electron chi connectivity index (χ2n) is 3.27. The van der Waals surface area contributed by atoms with Gasteiger partial charge in [-0.25, -0.2) is 20.5 Å². The van der Waals surface area contributed by atoms with Gasteiger partial charge in [0.25, 0.3) is 0 Å². The van der Waals surface area contributed by atoms with E-state index in [4.69, 9.17) is 86.3 Å². The van der Waals surface area contributed by atoms with Gasteiger partial charge < -0.3 is 90.4 Å². The Morgan fingerprint density at radius 2 is 0.312 bits per heavy atom. The van der Waals surface area contributed by atoms with Crippen LogP contribution in [0.15, 0.2) is 0 Å². The first-order valence-corrected chi connectivity index (χ1v) is 15.4. The van der Waals surface area contributed by atoms with Gasteiger partial charge in [0.1, 0.15) is 0 Å². The maximum atomic E-state index is 10.5. The van der Waals surface area contributed by atoms with Crippen LogP contribution in [-0.4, -0.2) is 132 Å². The minimum atomic E-state index is -5.61. The van der Waals surface area contributed by atoms with Crippen LogP contribution in [0.25, 0.3) is 0 Å². The molecule has 16 N–H and O–H groups in total. The van der Waals surface area contributed by atoms with Gasteiger partial charge in [0.15, 0.2) is 0 Å². The van der Waals surface area contributed by atoms with Crippen LogP contribution in [0.4, 0.5) is 24.6 Å². The molecule has 0 saturated carbocycles. The van der Waals surface area contributed by atoms with E-state index in [2.05, 4.69) is 0 Å². The van der Waals surface area contributed by atoms with Crippen molar-refractivity contribution < 1.29 is 214 Å². The smallest absolute Gasteiger partial charge is 0.825 e. The molecule has 18 nitrogen and oxygen atoms in total. The first-order chi connectivity index (χ1) is 12.0. The molecule has 0 aromatic heterocycles. The molecular formula is H16F6K2O18Si6. The van der Waals surface area contributed by atoms with Crippen LogP contribution in [0, 0.1) is 0 Å². The molecule has 0 heterocycles. The zero-order valence-electron chi connectivity index (χ0n) is 15.2. The summed E-state index contributed by atoms with van der Waals surface area (Å²) in [4.78, 5) is 131. The summed E-state index contributed by atoms with van der Waals surface area (Å²) in [6.45, 7) is 0. The Balaban J connectivity index is -0.0000000356. The summed E-state index contributed by atoms with van der Waals surface area (Å²) < 4.78 is 62.7. The molecule has 0 fully saturated rings.